The first-order chi connectivity index (χ1) is 11.6. The maximum absolute atomic E-state index is 12.5. The molecule has 4 heteroatoms. The third-order valence-corrected chi connectivity index (χ3v) is 4.04. The Morgan fingerprint density at radius 1 is 1.04 bits per heavy atom. The number of pyridine rings is 1. The van der Waals surface area contributed by atoms with Gasteiger partial charge in [0.25, 0.3) is 5.91 Å². The van der Waals surface area contributed by atoms with Gasteiger partial charge in [-0.25, -0.2) is 4.98 Å². The Hall–Kier alpha value is -2.36. The predicted octanol–water partition coefficient (Wildman–Crippen LogP) is 4.58. The van der Waals surface area contributed by atoms with E-state index in [0.29, 0.717) is 5.56 Å². The zero-order valence-electron chi connectivity index (χ0n) is 15.1. The Bertz CT molecular complexity index is 654. The van der Waals surface area contributed by atoms with Crippen molar-refractivity contribution in [3.8, 4) is 0 Å². The number of anilines is 2. The molecule has 0 aliphatic rings. The molecule has 24 heavy (non-hydrogen) atoms. The number of benzene rings is 1. The van der Waals surface area contributed by atoms with Gasteiger partial charge in [-0.2, -0.15) is 0 Å². The molecular formula is C20H27N3O. The third kappa shape index (κ3) is 4.34. The zero-order chi connectivity index (χ0) is 17.5. The topological polar surface area (TPSA) is 45.2 Å². The molecule has 2 rings (SSSR count). The van der Waals surface area contributed by atoms with E-state index in [4.69, 9.17) is 0 Å². The molecule has 0 unspecified atom stereocenters. The minimum atomic E-state index is -0.121. The van der Waals surface area contributed by atoms with Crippen molar-refractivity contribution in [2.24, 2.45) is 0 Å². The summed E-state index contributed by atoms with van der Waals surface area (Å²) in [5.74, 6) is 0.811. The van der Waals surface area contributed by atoms with Crippen molar-refractivity contribution < 1.29 is 4.79 Å². The van der Waals surface area contributed by atoms with Crippen LogP contribution in [0.3, 0.4) is 0 Å². The number of nitrogens with one attached hydrogen (secondary N) is 1. The molecule has 1 amide bonds. The highest BCUT2D eigenvalue weighted by atomic mass is 16.1. The van der Waals surface area contributed by atoms with Crippen LogP contribution in [0, 0.1) is 13.8 Å². The van der Waals surface area contributed by atoms with E-state index in [0.717, 1.165) is 48.6 Å². The maximum Gasteiger partial charge on any atom is 0.257 e. The van der Waals surface area contributed by atoms with Crippen molar-refractivity contribution in [1.29, 1.82) is 0 Å². The van der Waals surface area contributed by atoms with Crippen molar-refractivity contribution in [3.05, 3.63) is 53.2 Å². The van der Waals surface area contributed by atoms with Crippen LogP contribution >= 0.6 is 0 Å². The molecule has 0 fully saturated rings. The highest BCUT2D eigenvalue weighted by Gasteiger charge is 2.11. The van der Waals surface area contributed by atoms with Gasteiger partial charge in [-0.15, -0.1) is 0 Å². The van der Waals surface area contributed by atoms with Gasteiger partial charge in [0.15, 0.2) is 0 Å². The molecule has 0 aliphatic carbocycles. The monoisotopic (exact) mass is 325 g/mol. The average Bonchev–Trinajstić information content (AvgIpc) is 2.58. The fourth-order valence-electron chi connectivity index (χ4n) is 2.79. The van der Waals surface area contributed by atoms with Gasteiger partial charge < -0.3 is 10.2 Å². The summed E-state index contributed by atoms with van der Waals surface area (Å²) in [5.41, 5.74) is 3.58. The molecule has 0 saturated carbocycles. The van der Waals surface area contributed by atoms with E-state index >= 15 is 0 Å². The molecule has 0 aliphatic heterocycles. The maximum atomic E-state index is 12.5. The molecule has 4 nitrogen and oxygen atoms in total. The lowest BCUT2D eigenvalue weighted by Crippen LogP contribution is -2.26. The lowest BCUT2D eigenvalue weighted by atomic mass is 10.1. The van der Waals surface area contributed by atoms with Crippen molar-refractivity contribution >= 4 is 17.4 Å². The van der Waals surface area contributed by atoms with Crippen molar-refractivity contribution in [3.63, 3.8) is 0 Å². The summed E-state index contributed by atoms with van der Waals surface area (Å²) in [5, 5.41) is 3.00. The van der Waals surface area contributed by atoms with E-state index in [2.05, 4.69) is 29.0 Å². The Balaban J connectivity index is 2.13. The van der Waals surface area contributed by atoms with Gasteiger partial charge in [0.05, 0.1) is 5.56 Å². The number of hydrogen-bond donors (Lipinski definition) is 1. The smallest absolute Gasteiger partial charge is 0.257 e. The van der Waals surface area contributed by atoms with E-state index < -0.39 is 0 Å². The molecule has 1 aromatic heterocycles. The molecule has 1 heterocycles. The van der Waals surface area contributed by atoms with Crippen LogP contribution in [0.5, 0.6) is 0 Å². The lowest BCUT2D eigenvalue weighted by Gasteiger charge is -2.22. The number of carbonyl (C=O) groups excluding carboxylic acids is 1. The highest BCUT2D eigenvalue weighted by Crippen LogP contribution is 2.20. The standard InChI is InChI=1S/C20H27N3O/c1-5-12-23(13-6-2)18-11-10-17(14-21-18)20(24)22-19-15(3)8-7-9-16(19)4/h7-11,14H,5-6,12-13H2,1-4H3,(H,22,24). The van der Waals surface area contributed by atoms with Crippen molar-refractivity contribution in [1.82, 2.24) is 4.98 Å². The number of carbonyl (C=O) groups is 1. The molecule has 128 valence electrons. The zero-order valence-corrected chi connectivity index (χ0v) is 15.1. The number of amides is 1. The molecule has 0 saturated heterocycles. The van der Waals surface area contributed by atoms with Gasteiger partial charge in [0.1, 0.15) is 5.82 Å². The van der Waals surface area contributed by atoms with Gasteiger partial charge >= 0.3 is 0 Å². The molecule has 0 atom stereocenters. The number of hydrogen-bond acceptors (Lipinski definition) is 3. The molecule has 1 aromatic carbocycles. The Kier molecular flexibility index (Phi) is 6.36. The largest absolute Gasteiger partial charge is 0.357 e. The van der Waals surface area contributed by atoms with Gasteiger partial charge in [-0.1, -0.05) is 32.0 Å². The van der Waals surface area contributed by atoms with Gasteiger partial charge in [0.2, 0.25) is 0 Å². The number of aromatic nitrogens is 1. The van der Waals surface area contributed by atoms with Crippen LogP contribution in [0.1, 0.15) is 48.2 Å². The molecule has 1 N–H and O–H groups in total. The summed E-state index contributed by atoms with van der Waals surface area (Å²) >= 11 is 0. The first-order valence-electron chi connectivity index (χ1n) is 8.65. The third-order valence-electron chi connectivity index (χ3n) is 4.04. The minimum absolute atomic E-state index is 0.121. The summed E-state index contributed by atoms with van der Waals surface area (Å²) in [6.07, 6.45) is 3.82. The fraction of sp³-hybridized carbons (Fsp3) is 0.400. The van der Waals surface area contributed by atoms with E-state index in [1.165, 1.54) is 0 Å². The SMILES string of the molecule is CCCN(CCC)c1ccc(C(=O)Nc2c(C)cccc2C)cn1. The summed E-state index contributed by atoms with van der Waals surface area (Å²) in [6, 6.07) is 9.77. The molecule has 2 aromatic rings. The Labute approximate surface area is 144 Å². The predicted molar refractivity (Wildman–Crippen MR) is 101 cm³/mol. The van der Waals surface area contributed by atoms with Crippen LogP contribution in [-0.2, 0) is 0 Å². The second-order valence-electron chi connectivity index (χ2n) is 6.11. The van der Waals surface area contributed by atoms with Crippen LogP contribution in [-0.4, -0.2) is 24.0 Å². The first kappa shape index (κ1) is 18.0. The summed E-state index contributed by atoms with van der Waals surface area (Å²) in [7, 11) is 0. The van der Waals surface area contributed by atoms with E-state index in [-0.39, 0.29) is 5.91 Å². The number of nitrogens with zero attached hydrogens (tertiary/aromatic N) is 2. The summed E-state index contributed by atoms with van der Waals surface area (Å²) < 4.78 is 0. The van der Waals surface area contributed by atoms with Crippen molar-refractivity contribution in [2.75, 3.05) is 23.3 Å². The molecular weight excluding hydrogens is 298 g/mol. The number of aryl methyl sites for hydroxylation is 2. The van der Waals surface area contributed by atoms with Gasteiger partial charge in [0, 0.05) is 25.0 Å². The normalized spacial score (nSPS) is 10.5. The Morgan fingerprint density at radius 2 is 1.67 bits per heavy atom. The minimum Gasteiger partial charge on any atom is -0.357 e. The second-order valence-corrected chi connectivity index (χ2v) is 6.11. The number of rotatable bonds is 7. The van der Waals surface area contributed by atoms with Gasteiger partial charge in [-0.3, -0.25) is 4.79 Å². The summed E-state index contributed by atoms with van der Waals surface area (Å²) in [4.78, 5) is 19.2. The lowest BCUT2D eigenvalue weighted by molar-refractivity contribution is 0.102. The van der Waals surface area contributed by atoms with Crippen LogP contribution in [0.4, 0.5) is 11.5 Å². The van der Waals surface area contributed by atoms with Crippen LogP contribution in [0.25, 0.3) is 0 Å². The van der Waals surface area contributed by atoms with Crippen LogP contribution in [0.2, 0.25) is 0 Å². The Morgan fingerprint density at radius 3 is 2.17 bits per heavy atom. The first-order valence-corrected chi connectivity index (χ1v) is 8.65. The summed E-state index contributed by atoms with van der Waals surface area (Å²) in [6.45, 7) is 10.3. The van der Waals surface area contributed by atoms with Crippen LogP contribution < -0.4 is 10.2 Å². The molecule has 0 radical (unpaired) electrons. The van der Waals surface area contributed by atoms with Crippen molar-refractivity contribution in [2.45, 2.75) is 40.5 Å². The van der Waals surface area contributed by atoms with Crippen LogP contribution in [0.15, 0.2) is 36.5 Å². The quantitative estimate of drug-likeness (QED) is 0.810. The van der Waals surface area contributed by atoms with E-state index in [9.17, 15) is 4.79 Å². The average molecular weight is 325 g/mol. The van der Waals surface area contributed by atoms with E-state index in [1.54, 1.807) is 6.20 Å². The molecule has 0 spiro atoms. The number of para-hydroxylation sites is 1. The van der Waals surface area contributed by atoms with Gasteiger partial charge in [-0.05, 0) is 49.9 Å². The highest BCUT2D eigenvalue weighted by molar-refractivity contribution is 6.04. The van der Waals surface area contributed by atoms with E-state index in [1.807, 2.05) is 44.2 Å². The second kappa shape index (κ2) is 8.48. The fourth-order valence-corrected chi connectivity index (χ4v) is 2.79. The molecule has 0 bridgehead atoms.